The zero-order chi connectivity index (χ0) is 18.0. The van der Waals surface area contributed by atoms with Gasteiger partial charge in [-0.3, -0.25) is 0 Å². The number of fused-ring (bicyclic) bond motifs is 1. The lowest BCUT2D eigenvalue weighted by atomic mass is 10.1. The minimum absolute atomic E-state index is 0.0538. The van der Waals surface area contributed by atoms with Gasteiger partial charge in [0.15, 0.2) is 10.6 Å². The van der Waals surface area contributed by atoms with Gasteiger partial charge in [0.2, 0.25) is 0 Å². The molecular formula is C17H17N3O4S. The Labute approximate surface area is 148 Å². The highest BCUT2D eigenvalue weighted by molar-refractivity contribution is 7.20. The molecule has 8 heteroatoms. The molecule has 0 saturated heterocycles. The van der Waals surface area contributed by atoms with Gasteiger partial charge < -0.3 is 19.9 Å². The fourth-order valence-electron chi connectivity index (χ4n) is 2.53. The number of anilines is 1. The third-order valence-corrected chi connectivity index (χ3v) is 4.88. The number of carboxylic acids is 1. The van der Waals surface area contributed by atoms with Crippen LogP contribution < -0.4 is 14.8 Å². The van der Waals surface area contributed by atoms with Crippen LogP contribution in [0.1, 0.15) is 28.2 Å². The first-order valence-electron chi connectivity index (χ1n) is 7.50. The van der Waals surface area contributed by atoms with Gasteiger partial charge in [-0.25, -0.2) is 14.8 Å². The molecule has 1 unspecified atom stereocenters. The van der Waals surface area contributed by atoms with E-state index < -0.39 is 5.97 Å². The third-order valence-electron chi connectivity index (χ3n) is 3.81. The van der Waals surface area contributed by atoms with Crippen LogP contribution in [-0.2, 0) is 0 Å². The van der Waals surface area contributed by atoms with Gasteiger partial charge >= 0.3 is 5.97 Å². The van der Waals surface area contributed by atoms with Crippen molar-refractivity contribution in [3.05, 3.63) is 41.0 Å². The molecule has 2 aromatic heterocycles. The Morgan fingerprint density at radius 2 is 1.92 bits per heavy atom. The number of thiophene rings is 1. The molecule has 0 aliphatic rings. The molecule has 0 bridgehead atoms. The van der Waals surface area contributed by atoms with Crippen molar-refractivity contribution in [2.24, 2.45) is 0 Å². The lowest BCUT2D eigenvalue weighted by molar-refractivity contribution is 0.0699. The Morgan fingerprint density at radius 1 is 1.20 bits per heavy atom. The van der Waals surface area contributed by atoms with Crippen LogP contribution in [0.2, 0.25) is 0 Å². The summed E-state index contributed by atoms with van der Waals surface area (Å²) in [5.41, 5.74) is 1.04. The van der Waals surface area contributed by atoms with Crippen molar-refractivity contribution in [2.75, 3.05) is 19.5 Å². The van der Waals surface area contributed by atoms with Crippen molar-refractivity contribution in [3.8, 4) is 11.5 Å². The van der Waals surface area contributed by atoms with Gasteiger partial charge in [0.1, 0.15) is 22.7 Å². The molecule has 2 heterocycles. The summed E-state index contributed by atoms with van der Waals surface area (Å²) < 4.78 is 10.5. The van der Waals surface area contributed by atoms with Crippen LogP contribution in [0, 0.1) is 0 Å². The van der Waals surface area contributed by atoms with Gasteiger partial charge in [0, 0.05) is 6.04 Å². The van der Waals surface area contributed by atoms with Gasteiger partial charge in [0.05, 0.1) is 19.6 Å². The van der Waals surface area contributed by atoms with Crippen molar-refractivity contribution in [3.63, 3.8) is 0 Å². The van der Waals surface area contributed by atoms with E-state index in [9.17, 15) is 9.90 Å². The average Bonchev–Trinajstić information content (AvgIpc) is 3.01. The molecule has 0 radical (unpaired) electrons. The Balaban J connectivity index is 1.98. The molecule has 3 aromatic rings. The van der Waals surface area contributed by atoms with Crippen molar-refractivity contribution in [1.29, 1.82) is 0 Å². The summed E-state index contributed by atoms with van der Waals surface area (Å²) in [6, 6.07) is 7.64. The zero-order valence-electron chi connectivity index (χ0n) is 13.9. The van der Waals surface area contributed by atoms with E-state index in [4.69, 9.17) is 9.47 Å². The number of aromatic nitrogens is 2. The van der Waals surface area contributed by atoms with Crippen molar-refractivity contribution >= 4 is 33.3 Å². The molecule has 0 spiro atoms. The fourth-order valence-corrected chi connectivity index (χ4v) is 3.48. The number of nitrogens with one attached hydrogen (secondary N) is 1. The topological polar surface area (TPSA) is 93.6 Å². The molecule has 25 heavy (non-hydrogen) atoms. The maximum Gasteiger partial charge on any atom is 0.349 e. The monoisotopic (exact) mass is 359 g/mol. The summed E-state index contributed by atoms with van der Waals surface area (Å²) in [7, 11) is 3.06. The summed E-state index contributed by atoms with van der Waals surface area (Å²) >= 11 is 1.07. The Morgan fingerprint density at radius 3 is 2.52 bits per heavy atom. The number of carboxylic acid groups (broad SMARTS) is 1. The average molecular weight is 359 g/mol. The fraction of sp³-hybridized carbons (Fsp3) is 0.235. The highest BCUT2D eigenvalue weighted by Gasteiger charge is 2.23. The van der Waals surface area contributed by atoms with Crippen LogP contribution in [0.5, 0.6) is 11.5 Å². The Kier molecular flexibility index (Phi) is 4.71. The standard InChI is InChI=1S/C17H17N3O4S/c1-9(10-4-6-11(23-2)7-5-10)20-15-12-13(24-3)14(17(21)22)25-16(12)19-8-18-15/h4-9H,1-3H3,(H,21,22)(H,18,19,20). The summed E-state index contributed by atoms with van der Waals surface area (Å²) in [6.45, 7) is 1.99. The number of hydrogen-bond donors (Lipinski definition) is 2. The third kappa shape index (κ3) is 3.20. The largest absolute Gasteiger partial charge is 0.497 e. The van der Waals surface area contributed by atoms with E-state index in [0.29, 0.717) is 16.0 Å². The lowest BCUT2D eigenvalue weighted by Gasteiger charge is -2.16. The van der Waals surface area contributed by atoms with E-state index in [0.717, 1.165) is 22.6 Å². The molecule has 2 N–H and O–H groups in total. The second kappa shape index (κ2) is 6.94. The first kappa shape index (κ1) is 17.0. The molecule has 1 aromatic carbocycles. The number of methoxy groups -OCH3 is 2. The van der Waals surface area contributed by atoms with Crippen LogP contribution in [0.25, 0.3) is 10.2 Å². The van der Waals surface area contributed by atoms with E-state index >= 15 is 0 Å². The molecule has 0 amide bonds. The number of rotatable bonds is 6. The van der Waals surface area contributed by atoms with E-state index in [1.807, 2.05) is 31.2 Å². The number of hydrogen-bond acceptors (Lipinski definition) is 7. The molecule has 0 saturated carbocycles. The van der Waals surface area contributed by atoms with Crippen LogP contribution in [0.15, 0.2) is 30.6 Å². The number of nitrogens with zero attached hydrogens (tertiary/aromatic N) is 2. The van der Waals surface area contributed by atoms with E-state index in [2.05, 4.69) is 15.3 Å². The van der Waals surface area contributed by atoms with Gasteiger partial charge in [-0.1, -0.05) is 12.1 Å². The first-order valence-corrected chi connectivity index (χ1v) is 8.32. The highest BCUT2D eigenvalue weighted by Crippen LogP contribution is 2.40. The number of carbonyl (C=O) groups is 1. The van der Waals surface area contributed by atoms with Crippen molar-refractivity contribution in [2.45, 2.75) is 13.0 Å². The smallest absolute Gasteiger partial charge is 0.349 e. The lowest BCUT2D eigenvalue weighted by Crippen LogP contribution is -2.08. The van der Waals surface area contributed by atoms with Crippen LogP contribution in [-0.4, -0.2) is 35.3 Å². The maximum atomic E-state index is 11.4. The second-order valence-electron chi connectivity index (χ2n) is 5.31. The SMILES string of the molecule is COc1ccc(C(C)Nc2ncnc3sc(C(=O)O)c(OC)c23)cc1. The molecule has 0 aliphatic carbocycles. The quantitative estimate of drug-likeness (QED) is 0.695. The first-order chi connectivity index (χ1) is 12.0. The number of aromatic carboxylic acids is 1. The Bertz CT molecular complexity index is 908. The van der Waals surface area contributed by atoms with E-state index in [1.54, 1.807) is 7.11 Å². The number of benzene rings is 1. The van der Waals surface area contributed by atoms with Gasteiger partial charge in [-0.05, 0) is 24.6 Å². The molecule has 3 rings (SSSR count). The predicted molar refractivity (Wildman–Crippen MR) is 96.0 cm³/mol. The minimum atomic E-state index is -1.05. The summed E-state index contributed by atoms with van der Waals surface area (Å²) in [5.74, 6) is 0.548. The Hall–Kier alpha value is -2.87. The predicted octanol–water partition coefficient (Wildman–Crippen LogP) is 3.58. The molecular weight excluding hydrogens is 342 g/mol. The molecule has 130 valence electrons. The van der Waals surface area contributed by atoms with Crippen LogP contribution in [0.4, 0.5) is 5.82 Å². The summed E-state index contributed by atoms with van der Waals surface area (Å²) in [5, 5.41) is 13.2. The minimum Gasteiger partial charge on any atom is -0.497 e. The summed E-state index contributed by atoms with van der Waals surface area (Å²) in [4.78, 5) is 20.5. The second-order valence-corrected chi connectivity index (χ2v) is 6.31. The normalized spacial score (nSPS) is 12.0. The molecule has 7 nitrogen and oxygen atoms in total. The van der Waals surface area contributed by atoms with E-state index in [1.165, 1.54) is 13.4 Å². The van der Waals surface area contributed by atoms with Gasteiger partial charge in [0.25, 0.3) is 0 Å². The summed E-state index contributed by atoms with van der Waals surface area (Å²) in [6.07, 6.45) is 1.41. The zero-order valence-corrected chi connectivity index (χ0v) is 14.8. The van der Waals surface area contributed by atoms with Crippen LogP contribution >= 0.6 is 11.3 Å². The van der Waals surface area contributed by atoms with Crippen molar-refractivity contribution in [1.82, 2.24) is 9.97 Å². The van der Waals surface area contributed by atoms with Crippen LogP contribution in [0.3, 0.4) is 0 Å². The molecule has 0 aliphatic heterocycles. The van der Waals surface area contributed by atoms with E-state index in [-0.39, 0.29) is 16.7 Å². The van der Waals surface area contributed by atoms with Crippen molar-refractivity contribution < 1.29 is 19.4 Å². The highest BCUT2D eigenvalue weighted by atomic mass is 32.1. The maximum absolute atomic E-state index is 11.4. The van der Waals surface area contributed by atoms with Gasteiger partial charge in [-0.15, -0.1) is 11.3 Å². The molecule has 1 atom stereocenters. The number of ether oxygens (including phenoxy) is 2. The molecule has 0 fully saturated rings. The van der Waals surface area contributed by atoms with Gasteiger partial charge in [-0.2, -0.15) is 0 Å².